The fourth-order valence-electron chi connectivity index (χ4n) is 4.24. The van der Waals surface area contributed by atoms with Crippen LogP contribution in [0.3, 0.4) is 0 Å². The quantitative estimate of drug-likeness (QED) is 0.904. The third-order valence-corrected chi connectivity index (χ3v) is 5.62. The maximum absolute atomic E-state index is 13.0. The van der Waals surface area contributed by atoms with Gasteiger partial charge in [-0.15, -0.1) is 0 Å². The smallest absolute Gasteiger partial charge is 0.252 e. The van der Waals surface area contributed by atoms with Crippen molar-refractivity contribution < 1.29 is 14.6 Å². The Morgan fingerprint density at radius 2 is 2.12 bits per heavy atom. The van der Waals surface area contributed by atoms with E-state index in [0.717, 1.165) is 29.4 Å². The van der Waals surface area contributed by atoms with Crippen LogP contribution in [0.25, 0.3) is 10.9 Å². The van der Waals surface area contributed by atoms with Crippen molar-refractivity contribution in [3.05, 3.63) is 41.6 Å². The highest BCUT2D eigenvalue weighted by Gasteiger charge is 2.63. The molecule has 1 aromatic heterocycles. The standard InChI is InChI=1S/C19H20N2O3/c22-10-19-8-18(9-19,11-24-19)21-17(23)14-7-16(12-5-6-12)20-15-4-2-1-3-13(14)15/h1-4,7,12,22H,5-6,8-11H2,(H,21,23). The van der Waals surface area contributed by atoms with E-state index in [0.29, 0.717) is 30.9 Å². The number of ether oxygens (including phenoxy) is 1. The molecule has 2 N–H and O–H groups in total. The highest BCUT2D eigenvalue weighted by molar-refractivity contribution is 6.06. The van der Waals surface area contributed by atoms with E-state index in [1.807, 2.05) is 30.3 Å². The van der Waals surface area contributed by atoms with Crippen LogP contribution >= 0.6 is 0 Å². The van der Waals surface area contributed by atoms with Gasteiger partial charge in [-0.2, -0.15) is 0 Å². The number of fused-ring (bicyclic) bond motifs is 2. The van der Waals surface area contributed by atoms with Crippen LogP contribution in [-0.2, 0) is 4.74 Å². The summed E-state index contributed by atoms with van der Waals surface area (Å²) in [4.78, 5) is 17.7. The molecule has 1 aromatic carbocycles. The third kappa shape index (κ3) is 2.08. The lowest BCUT2D eigenvalue weighted by Crippen LogP contribution is -2.60. The van der Waals surface area contributed by atoms with Gasteiger partial charge in [-0.3, -0.25) is 9.78 Å². The summed E-state index contributed by atoms with van der Waals surface area (Å²) < 4.78 is 5.69. The molecule has 5 heteroatoms. The van der Waals surface area contributed by atoms with Crippen LogP contribution < -0.4 is 5.32 Å². The number of pyridine rings is 1. The van der Waals surface area contributed by atoms with E-state index in [2.05, 4.69) is 5.32 Å². The lowest BCUT2D eigenvalue weighted by molar-refractivity contribution is -0.0494. The van der Waals surface area contributed by atoms with Crippen LogP contribution in [0.1, 0.15) is 47.7 Å². The molecular formula is C19H20N2O3. The molecule has 0 atom stereocenters. The molecule has 2 aliphatic heterocycles. The van der Waals surface area contributed by atoms with Crippen molar-refractivity contribution in [1.29, 1.82) is 0 Å². The van der Waals surface area contributed by atoms with Crippen LogP contribution in [0.15, 0.2) is 30.3 Å². The minimum atomic E-state index is -0.424. The second-order valence-electron chi connectivity index (χ2n) is 7.60. The van der Waals surface area contributed by atoms with Crippen molar-refractivity contribution >= 4 is 16.8 Å². The SMILES string of the molecule is O=C(NC12COC(CO)(C1)C2)c1cc(C2CC2)nc2ccccc12. The molecule has 2 aromatic rings. The lowest BCUT2D eigenvalue weighted by Gasteiger charge is -2.43. The molecule has 0 radical (unpaired) electrons. The highest BCUT2D eigenvalue weighted by Crippen LogP contribution is 2.51. The van der Waals surface area contributed by atoms with E-state index in [1.54, 1.807) is 0 Å². The maximum atomic E-state index is 13.0. The summed E-state index contributed by atoms with van der Waals surface area (Å²) in [6.07, 6.45) is 3.70. The van der Waals surface area contributed by atoms with Crippen molar-refractivity contribution in [2.45, 2.75) is 42.7 Å². The van der Waals surface area contributed by atoms with Crippen molar-refractivity contribution in [1.82, 2.24) is 10.3 Å². The second-order valence-corrected chi connectivity index (χ2v) is 7.60. The number of aromatic nitrogens is 1. The molecule has 5 nitrogen and oxygen atoms in total. The number of hydrogen-bond acceptors (Lipinski definition) is 4. The van der Waals surface area contributed by atoms with Crippen LogP contribution in [0.4, 0.5) is 0 Å². The van der Waals surface area contributed by atoms with E-state index in [9.17, 15) is 9.90 Å². The van der Waals surface area contributed by atoms with E-state index in [-0.39, 0.29) is 18.1 Å². The van der Waals surface area contributed by atoms with E-state index in [1.165, 1.54) is 0 Å². The summed E-state index contributed by atoms with van der Waals surface area (Å²) in [6, 6.07) is 9.78. The average molecular weight is 324 g/mol. The monoisotopic (exact) mass is 324 g/mol. The number of carbonyl (C=O) groups is 1. The largest absolute Gasteiger partial charge is 0.393 e. The number of nitrogens with one attached hydrogen (secondary N) is 1. The van der Waals surface area contributed by atoms with E-state index < -0.39 is 5.60 Å². The summed E-state index contributed by atoms with van der Waals surface area (Å²) in [5.41, 5.74) is 1.87. The number of amides is 1. The first-order valence-corrected chi connectivity index (χ1v) is 8.59. The second kappa shape index (κ2) is 4.77. The topological polar surface area (TPSA) is 71.5 Å². The van der Waals surface area contributed by atoms with Gasteiger partial charge in [-0.1, -0.05) is 18.2 Å². The van der Waals surface area contributed by atoms with E-state index in [4.69, 9.17) is 9.72 Å². The molecule has 2 aliphatic carbocycles. The number of rotatable bonds is 4. The molecule has 2 saturated carbocycles. The van der Waals surface area contributed by atoms with Gasteiger partial charge in [0.15, 0.2) is 0 Å². The Morgan fingerprint density at radius 1 is 1.33 bits per heavy atom. The minimum absolute atomic E-state index is 0.0225. The molecule has 124 valence electrons. The Labute approximate surface area is 140 Å². The zero-order chi connectivity index (χ0) is 16.4. The summed E-state index contributed by atoms with van der Waals surface area (Å²) >= 11 is 0. The van der Waals surface area contributed by atoms with Crippen molar-refractivity contribution in [2.75, 3.05) is 13.2 Å². The predicted molar refractivity (Wildman–Crippen MR) is 88.9 cm³/mol. The first-order valence-electron chi connectivity index (χ1n) is 8.59. The molecule has 0 spiro atoms. The van der Waals surface area contributed by atoms with Crippen LogP contribution in [0.2, 0.25) is 0 Å². The molecule has 3 heterocycles. The number of benzene rings is 1. The number of para-hydroxylation sites is 1. The first kappa shape index (κ1) is 14.4. The Kier molecular flexibility index (Phi) is 2.86. The highest BCUT2D eigenvalue weighted by atomic mass is 16.5. The molecule has 1 amide bonds. The van der Waals surface area contributed by atoms with Crippen LogP contribution in [-0.4, -0.2) is 40.4 Å². The van der Waals surface area contributed by atoms with Gasteiger partial charge in [-0.05, 0) is 25.0 Å². The number of carbonyl (C=O) groups excluding carboxylic acids is 1. The van der Waals surface area contributed by atoms with Gasteiger partial charge >= 0.3 is 0 Å². The van der Waals surface area contributed by atoms with Gasteiger partial charge < -0.3 is 15.2 Å². The van der Waals surface area contributed by atoms with Gasteiger partial charge in [0.2, 0.25) is 0 Å². The van der Waals surface area contributed by atoms with Crippen molar-refractivity contribution in [3.8, 4) is 0 Å². The Bertz CT molecular complexity index is 838. The van der Waals surface area contributed by atoms with Crippen LogP contribution in [0, 0.1) is 0 Å². The summed E-state index contributed by atoms with van der Waals surface area (Å²) in [6.45, 7) is 0.506. The van der Waals surface area contributed by atoms with E-state index >= 15 is 0 Å². The molecule has 4 fully saturated rings. The molecule has 0 unspecified atom stereocenters. The molecule has 4 aliphatic rings. The number of aliphatic hydroxyl groups is 1. The number of hydrogen-bond donors (Lipinski definition) is 2. The van der Waals surface area contributed by atoms with Gasteiger partial charge in [0.05, 0.1) is 35.4 Å². The van der Waals surface area contributed by atoms with Gasteiger partial charge in [0, 0.05) is 29.8 Å². The lowest BCUT2D eigenvalue weighted by atomic mass is 9.68. The predicted octanol–water partition coefficient (Wildman–Crippen LogP) is 2.14. The minimum Gasteiger partial charge on any atom is -0.393 e. The Hall–Kier alpha value is -1.98. The van der Waals surface area contributed by atoms with Crippen molar-refractivity contribution in [3.63, 3.8) is 0 Å². The zero-order valence-electron chi connectivity index (χ0n) is 13.4. The summed E-state index contributed by atoms with van der Waals surface area (Å²) in [5, 5.41) is 13.5. The van der Waals surface area contributed by atoms with Gasteiger partial charge in [0.1, 0.15) is 0 Å². The third-order valence-electron chi connectivity index (χ3n) is 5.62. The average Bonchev–Trinajstić information content (AvgIpc) is 3.29. The van der Waals surface area contributed by atoms with Gasteiger partial charge in [-0.25, -0.2) is 0 Å². The molecular weight excluding hydrogens is 304 g/mol. The Balaban J connectivity index is 1.49. The Morgan fingerprint density at radius 3 is 2.83 bits per heavy atom. The number of nitrogens with zero attached hydrogens (tertiary/aromatic N) is 1. The number of aliphatic hydroxyl groups excluding tert-OH is 1. The van der Waals surface area contributed by atoms with Crippen molar-refractivity contribution in [2.24, 2.45) is 0 Å². The fourth-order valence-corrected chi connectivity index (χ4v) is 4.24. The first-order chi connectivity index (χ1) is 11.6. The normalized spacial score (nSPS) is 31.0. The summed E-state index contributed by atoms with van der Waals surface area (Å²) in [5.74, 6) is 0.437. The zero-order valence-corrected chi connectivity index (χ0v) is 13.4. The maximum Gasteiger partial charge on any atom is 0.252 e. The molecule has 2 saturated heterocycles. The fraction of sp³-hybridized carbons (Fsp3) is 0.474. The molecule has 6 rings (SSSR count). The summed E-state index contributed by atoms with van der Waals surface area (Å²) in [7, 11) is 0. The molecule has 24 heavy (non-hydrogen) atoms. The van der Waals surface area contributed by atoms with Gasteiger partial charge in [0.25, 0.3) is 5.91 Å². The van der Waals surface area contributed by atoms with Crippen LogP contribution in [0.5, 0.6) is 0 Å². The molecule has 2 bridgehead atoms.